The van der Waals surface area contributed by atoms with E-state index in [1.54, 1.807) is 0 Å². The number of benzene rings is 2. The van der Waals surface area contributed by atoms with E-state index in [0.717, 1.165) is 24.2 Å². The first kappa shape index (κ1) is 24.1. The van der Waals surface area contributed by atoms with Gasteiger partial charge in [0.05, 0.1) is 6.61 Å². The van der Waals surface area contributed by atoms with Gasteiger partial charge in [-0.3, -0.25) is 9.69 Å². The summed E-state index contributed by atoms with van der Waals surface area (Å²) in [5, 5.41) is 0. The lowest BCUT2D eigenvalue weighted by atomic mass is 9.89. The van der Waals surface area contributed by atoms with Crippen LogP contribution in [0.15, 0.2) is 60.7 Å². The summed E-state index contributed by atoms with van der Waals surface area (Å²) < 4.78 is 16.9. The third-order valence-electron chi connectivity index (χ3n) is 5.77. The van der Waals surface area contributed by atoms with Crippen LogP contribution in [-0.2, 0) is 36.8 Å². The Kier molecular flexibility index (Phi) is 9.41. The Morgan fingerprint density at radius 2 is 1.53 bits per heavy atom. The molecular weight excluding hydrogens is 406 g/mol. The normalized spacial score (nSPS) is 16.3. The number of hydrogen-bond donors (Lipinski definition) is 0. The first-order chi connectivity index (χ1) is 15.6. The van der Waals surface area contributed by atoms with Crippen molar-refractivity contribution in [2.45, 2.75) is 37.9 Å². The van der Waals surface area contributed by atoms with Gasteiger partial charge in [0.15, 0.2) is 0 Å². The van der Waals surface area contributed by atoms with Crippen molar-refractivity contribution in [2.24, 2.45) is 0 Å². The van der Waals surface area contributed by atoms with Crippen LogP contribution in [0.25, 0.3) is 0 Å². The van der Waals surface area contributed by atoms with Gasteiger partial charge in [-0.2, -0.15) is 0 Å². The second-order valence-electron chi connectivity index (χ2n) is 8.16. The molecule has 172 valence electrons. The van der Waals surface area contributed by atoms with E-state index in [-0.39, 0.29) is 26.2 Å². The van der Waals surface area contributed by atoms with Gasteiger partial charge in [0.25, 0.3) is 0 Å². The Bertz CT molecular complexity index is 836. The SMILES string of the molecule is COCC(=O)C(Cc1ccccc1)(OCc1ccccc1)C(=O)OCCN1CCCCC1. The molecular formula is C26H33NO5. The van der Waals surface area contributed by atoms with Crippen molar-refractivity contribution in [2.75, 3.05) is 40.0 Å². The van der Waals surface area contributed by atoms with Gasteiger partial charge < -0.3 is 14.2 Å². The summed E-state index contributed by atoms with van der Waals surface area (Å²) in [6.45, 7) is 2.79. The van der Waals surface area contributed by atoms with Crippen molar-refractivity contribution < 1.29 is 23.8 Å². The van der Waals surface area contributed by atoms with Crippen molar-refractivity contribution in [1.82, 2.24) is 4.90 Å². The number of methoxy groups -OCH3 is 1. The Hall–Kier alpha value is -2.54. The third-order valence-corrected chi connectivity index (χ3v) is 5.77. The first-order valence-electron chi connectivity index (χ1n) is 11.3. The molecule has 0 saturated carbocycles. The number of piperidine rings is 1. The quantitative estimate of drug-likeness (QED) is 0.373. The van der Waals surface area contributed by atoms with Gasteiger partial charge in [0.2, 0.25) is 11.4 Å². The number of carbonyl (C=O) groups excluding carboxylic acids is 2. The third kappa shape index (κ3) is 6.73. The number of Topliss-reactive ketones (excluding diaryl/α,β-unsaturated/α-hetero) is 1. The largest absolute Gasteiger partial charge is 0.462 e. The minimum absolute atomic E-state index is 0.0887. The summed E-state index contributed by atoms with van der Waals surface area (Å²) in [5.41, 5.74) is -0.0796. The Morgan fingerprint density at radius 1 is 0.906 bits per heavy atom. The summed E-state index contributed by atoms with van der Waals surface area (Å²) >= 11 is 0. The highest BCUT2D eigenvalue weighted by molar-refractivity contribution is 6.08. The molecule has 1 atom stereocenters. The van der Waals surface area contributed by atoms with Gasteiger partial charge in [-0.1, -0.05) is 67.1 Å². The second-order valence-corrected chi connectivity index (χ2v) is 8.16. The zero-order valence-electron chi connectivity index (χ0n) is 18.8. The summed E-state index contributed by atoms with van der Waals surface area (Å²) in [6.07, 6.45) is 3.66. The van der Waals surface area contributed by atoms with Gasteiger partial charge in [0.1, 0.15) is 13.2 Å². The van der Waals surface area contributed by atoms with Crippen LogP contribution in [0, 0.1) is 0 Å². The molecule has 0 N–H and O–H groups in total. The van der Waals surface area contributed by atoms with Gasteiger partial charge in [-0.15, -0.1) is 0 Å². The fourth-order valence-electron chi connectivity index (χ4n) is 3.95. The molecule has 6 heteroatoms. The fraction of sp³-hybridized carbons (Fsp3) is 0.462. The lowest BCUT2D eigenvalue weighted by molar-refractivity contribution is -0.181. The van der Waals surface area contributed by atoms with Crippen molar-refractivity contribution in [3.05, 3.63) is 71.8 Å². The average Bonchev–Trinajstić information content (AvgIpc) is 2.84. The van der Waals surface area contributed by atoms with Gasteiger partial charge in [-0.25, -0.2) is 4.79 Å². The lowest BCUT2D eigenvalue weighted by Gasteiger charge is -2.31. The van der Waals surface area contributed by atoms with Crippen molar-refractivity contribution in [1.29, 1.82) is 0 Å². The van der Waals surface area contributed by atoms with E-state index < -0.39 is 17.4 Å². The maximum absolute atomic E-state index is 13.4. The standard InChI is InChI=1S/C26H33NO5/c1-30-21-24(28)26(19-22-11-5-2-6-12-22,32-20-23-13-7-3-8-14-23)25(29)31-18-17-27-15-9-4-10-16-27/h2-3,5-8,11-14H,4,9-10,15-21H2,1H3. The summed E-state index contributed by atoms with van der Waals surface area (Å²) in [6, 6.07) is 18.9. The number of esters is 1. The first-order valence-corrected chi connectivity index (χ1v) is 11.3. The molecule has 32 heavy (non-hydrogen) atoms. The minimum atomic E-state index is -1.77. The molecule has 0 bridgehead atoms. The van der Waals surface area contributed by atoms with Crippen LogP contribution in [0.2, 0.25) is 0 Å². The molecule has 0 aliphatic carbocycles. The van der Waals surface area contributed by atoms with Crippen LogP contribution >= 0.6 is 0 Å². The predicted octanol–water partition coefficient (Wildman–Crippen LogP) is 3.43. The average molecular weight is 440 g/mol. The minimum Gasteiger partial charge on any atom is -0.462 e. The van der Waals surface area contributed by atoms with E-state index in [1.807, 2.05) is 60.7 Å². The number of carbonyl (C=O) groups is 2. The molecule has 1 aliphatic rings. The topological polar surface area (TPSA) is 65.1 Å². The molecule has 6 nitrogen and oxygen atoms in total. The molecule has 0 amide bonds. The number of nitrogens with zero attached hydrogens (tertiary/aromatic N) is 1. The van der Waals surface area contributed by atoms with Crippen molar-refractivity contribution in [3.63, 3.8) is 0 Å². The van der Waals surface area contributed by atoms with E-state index in [2.05, 4.69) is 4.90 Å². The number of ketones is 1. The smallest absolute Gasteiger partial charge is 0.346 e. The van der Waals surface area contributed by atoms with Crippen LogP contribution in [0.4, 0.5) is 0 Å². The molecule has 1 fully saturated rings. The van der Waals surface area contributed by atoms with Crippen molar-refractivity contribution >= 4 is 11.8 Å². The van der Waals surface area contributed by atoms with Gasteiger partial charge in [-0.05, 0) is 37.1 Å². The van der Waals surface area contributed by atoms with E-state index in [0.29, 0.717) is 6.54 Å². The fourth-order valence-corrected chi connectivity index (χ4v) is 3.95. The van der Waals surface area contributed by atoms with Crippen LogP contribution in [0.1, 0.15) is 30.4 Å². The summed E-state index contributed by atoms with van der Waals surface area (Å²) in [5.74, 6) is -1.10. The molecule has 1 heterocycles. The molecule has 0 aromatic heterocycles. The lowest BCUT2D eigenvalue weighted by Crippen LogP contribution is -2.53. The second kappa shape index (κ2) is 12.5. The highest BCUT2D eigenvalue weighted by atomic mass is 16.6. The molecule has 3 rings (SSSR count). The molecule has 2 aromatic rings. The van der Waals surface area contributed by atoms with E-state index in [9.17, 15) is 9.59 Å². The maximum Gasteiger partial charge on any atom is 0.346 e. The van der Waals surface area contributed by atoms with Crippen LogP contribution in [-0.4, -0.2) is 62.2 Å². The molecule has 1 saturated heterocycles. The van der Waals surface area contributed by atoms with E-state index in [1.165, 1.54) is 26.4 Å². The van der Waals surface area contributed by atoms with E-state index in [4.69, 9.17) is 14.2 Å². The van der Waals surface area contributed by atoms with Crippen LogP contribution in [0.5, 0.6) is 0 Å². The maximum atomic E-state index is 13.4. The van der Waals surface area contributed by atoms with Gasteiger partial charge in [0, 0.05) is 20.1 Å². The number of rotatable bonds is 12. The summed E-state index contributed by atoms with van der Waals surface area (Å²) in [4.78, 5) is 28.9. The molecule has 1 aliphatic heterocycles. The van der Waals surface area contributed by atoms with Crippen LogP contribution < -0.4 is 0 Å². The molecule has 0 spiro atoms. The number of ether oxygens (including phenoxy) is 3. The molecule has 2 aromatic carbocycles. The zero-order valence-corrected chi connectivity index (χ0v) is 18.8. The molecule has 0 radical (unpaired) electrons. The highest BCUT2D eigenvalue weighted by Gasteiger charge is 2.48. The number of likely N-dealkylation sites (tertiary alicyclic amines) is 1. The Labute approximate surface area is 190 Å². The Morgan fingerprint density at radius 3 is 2.16 bits per heavy atom. The van der Waals surface area contributed by atoms with Crippen molar-refractivity contribution in [3.8, 4) is 0 Å². The van der Waals surface area contributed by atoms with Crippen LogP contribution in [0.3, 0.4) is 0 Å². The highest BCUT2D eigenvalue weighted by Crippen LogP contribution is 2.24. The molecule has 1 unspecified atom stereocenters. The number of hydrogen-bond acceptors (Lipinski definition) is 6. The van der Waals surface area contributed by atoms with E-state index >= 15 is 0 Å². The predicted molar refractivity (Wildman–Crippen MR) is 122 cm³/mol. The Balaban J connectivity index is 1.79. The van der Waals surface area contributed by atoms with Gasteiger partial charge >= 0.3 is 5.97 Å². The monoisotopic (exact) mass is 439 g/mol. The summed E-state index contributed by atoms with van der Waals surface area (Å²) in [7, 11) is 1.43. The zero-order chi connectivity index (χ0) is 22.7.